The van der Waals surface area contributed by atoms with Crippen LogP contribution in [0.3, 0.4) is 0 Å². The summed E-state index contributed by atoms with van der Waals surface area (Å²) >= 11 is 0. The quantitative estimate of drug-likeness (QED) is 0.894. The highest BCUT2D eigenvalue weighted by Crippen LogP contribution is 2.20. The highest BCUT2D eigenvalue weighted by atomic mass is 19.1. The summed E-state index contributed by atoms with van der Waals surface area (Å²) in [5, 5.41) is 9.10. The van der Waals surface area contributed by atoms with Gasteiger partial charge >= 0.3 is 6.03 Å². The van der Waals surface area contributed by atoms with Gasteiger partial charge in [-0.05, 0) is 38.0 Å². The predicted molar refractivity (Wildman–Crippen MR) is 89.6 cm³/mol. The number of hydrogen-bond acceptors (Lipinski definition) is 4. The van der Waals surface area contributed by atoms with E-state index in [9.17, 15) is 14.0 Å². The fourth-order valence-electron chi connectivity index (χ4n) is 2.77. The Morgan fingerprint density at radius 2 is 2.00 bits per heavy atom. The van der Waals surface area contributed by atoms with Crippen LogP contribution in [0.4, 0.5) is 20.7 Å². The number of piperidine rings is 1. The smallest absolute Gasteiger partial charge is 0.323 e. The minimum absolute atomic E-state index is 0.155. The summed E-state index contributed by atoms with van der Waals surface area (Å²) in [6.07, 6.45) is 1.10. The maximum absolute atomic E-state index is 13.2. The molecule has 1 saturated heterocycles. The van der Waals surface area contributed by atoms with Crippen molar-refractivity contribution in [2.24, 2.45) is 5.92 Å². The van der Waals surface area contributed by atoms with E-state index in [0.29, 0.717) is 43.2 Å². The van der Waals surface area contributed by atoms with E-state index in [0.717, 1.165) is 0 Å². The first-order valence-corrected chi connectivity index (χ1v) is 8.07. The summed E-state index contributed by atoms with van der Waals surface area (Å²) in [6, 6.07) is 7.16. The van der Waals surface area contributed by atoms with Crippen molar-refractivity contribution in [2.45, 2.75) is 19.8 Å². The summed E-state index contributed by atoms with van der Waals surface area (Å²) in [4.78, 5) is 26.1. The van der Waals surface area contributed by atoms with Gasteiger partial charge in [0, 0.05) is 30.8 Å². The second-order valence-corrected chi connectivity index (χ2v) is 6.01. The first kappa shape index (κ1) is 16.9. The molecule has 0 bridgehead atoms. The normalized spacial score (nSPS) is 15.0. The molecule has 0 atom stereocenters. The molecule has 25 heavy (non-hydrogen) atoms. The topological polar surface area (TPSA) is 87.5 Å². The lowest BCUT2D eigenvalue weighted by molar-refractivity contribution is -0.121. The molecule has 0 saturated carbocycles. The van der Waals surface area contributed by atoms with Crippen LogP contribution < -0.4 is 10.6 Å². The summed E-state index contributed by atoms with van der Waals surface area (Å²) < 4.78 is 18.1. The average molecular weight is 346 g/mol. The van der Waals surface area contributed by atoms with Crippen molar-refractivity contribution in [3.63, 3.8) is 0 Å². The molecule has 1 aromatic carbocycles. The number of carbonyl (C=O) groups is 2. The second-order valence-electron chi connectivity index (χ2n) is 6.01. The number of nitrogens with one attached hydrogen (secondary N) is 2. The molecule has 1 fully saturated rings. The van der Waals surface area contributed by atoms with Gasteiger partial charge in [-0.25, -0.2) is 9.18 Å². The number of aromatic nitrogens is 1. The molecule has 7 nitrogen and oxygen atoms in total. The zero-order chi connectivity index (χ0) is 17.8. The number of carbonyl (C=O) groups excluding carboxylic acids is 2. The number of nitrogens with zero attached hydrogens (tertiary/aromatic N) is 2. The lowest BCUT2D eigenvalue weighted by Gasteiger charge is -2.31. The van der Waals surface area contributed by atoms with Gasteiger partial charge in [0.2, 0.25) is 5.91 Å². The summed E-state index contributed by atoms with van der Waals surface area (Å²) in [7, 11) is 0. The Bertz CT molecular complexity index is 769. The predicted octanol–water partition coefficient (Wildman–Crippen LogP) is 3.00. The molecule has 2 N–H and O–H groups in total. The summed E-state index contributed by atoms with van der Waals surface area (Å²) in [6.45, 7) is 2.67. The number of hydrogen-bond donors (Lipinski definition) is 2. The molecule has 3 amide bonds. The number of aryl methyl sites for hydroxylation is 1. The van der Waals surface area contributed by atoms with Crippen LogP contribution >= 0.6 is 0 Å². The van der Waals surface area contributed by atoms with Gasteiger partial charge in [0.25, 0.3) is 0 Å². The fourth-order valence-corrected chi connectivity index (χ4v) is 2.77. The lowest BCUT2D eigenvalue weighted by atomic mass is 9.96. The van der Waals surface area contributed by atoms with Crippen LogP contribution in [0.1, 0.15) is 18.6 Å². The van der Waals surface area contributed by atoms with Gasteiger partial charge in [-0.15, -0.1) is 0 Å². The van der Waals surface area contributed by atoms with Crippen LogP contribution in [0.25, 0.3) is 0 Å². The minimum Gasteiger partial charge on any atom is -0.360 e. The largest absolute Gasteiger partial charge is 0.360 e. The Labute approximate surface area is 144 Å². The van der Waals surface area contributed by atoms with Crippen LogP contribution in [-0.2, 0) is 4.79 Å². The third-order valence-corrected chi connectivity index (χ3v) is 4.11. The highest BCUT2D eigenvalue weighted by Gasteiger charge is 2.27. The van der Waals surface area contributed by atoms with Gasteiger partial charge in [0.15, 0.2) is 5.82 Å². The van der Waals surface area contributed by atoms with E-state index in [2.05, 4.69) is 15.8 Å². The van der Waals surface area contributed by atoms with Gasteiger partial charge in [0.05, 0.1) is 0 Å². The fraction of sp³-hybridized carbons (Fsp3) is 0.353. The molecule has 0 unspecified atom stereocenters. The molecular formula is C17H19FN4O3. The first-order valence-electron chi connectivity index (χ1n) is 8.07. The van der Waals surface area contributed by atoms with Crippen molar-refractivity contribution in [1.82, 2.24) is 10.1 Å². The highest BCUT2D eigenvalue weighted by molar-refractivity contribution is 5.93. The van der Waals surface area contributed by atoms with Crippen LogP contribution in [0.5, 0.6) is 0 Å². The van der Waals surface area contributed by atoms with Crippen molar-refractivity contribution < 1.29 is 18.5 Å². The third-order valence-electron chi connectivity index (χ3n) is 4.11. The Hall–Kier alpha value is -2.90. The van der Waals surface area contributed by atoms with Crippen LogP contribution in [0.15, 0.2) is 34.9 Å². The first-order chi connectivity index (χ1) is 12.0. The van der Waals surface area contributed by atoms with Crippen molar-refractivity contribution in [3.8, 4) is 0 Å². The van der Waals surface area contributed by atoms with Crippen LogP contribution in [0, 0.1) is 18.7 Å². The summed E-state index contributed by atoms with van der Waals surface area (Å²) in [5.41, 5.74) is 0.437. The van der Waals surface area contributed by atoms with Gasteiger partial charge in [-0.2, -0.15) is 0 Å². The van der Waals surface area contributed by atoms with E-state index < -0.39 is 5.82 Å². The molecule has 0 aliphatic carbocycles. The van der Waals surface area contributed by atoms with Crippen molar-refractivity contribution in [1.29, 1.82) is 0 Å². The van der Waals surface area contributed by atoms with Crippen LogP contribution in [0.2, 0.25) is 0 Å². The molecule has 0 spiro atoms. The SMILES string of the molecule is Cc1cc(NC(=O)N2CCC(C(=O)Nc3cccc(F)c3)CC2)no1. The second kappa shape index (κ2) is 7.33. The molecule has 0 radical (unpaired) electrons. The molecule has 1 aliphatic rings. The number of likely N-dealkylation sites (tertiary alicyclic amines) is 1. The zero-order valence-electron chi connectivity index (χ0n) is 13.8. The molecule has 1 aromatic heterocycles. The maximum atomic E-state index is 13.2. The number of anilines is 2. The average Bonchev–Trinajstić information content (AvgIpc) is 3.00. The number of amides is 3. The van der Waals surface area contributed by atoms with E-state index in [1.54, 1.807) is 30.0 Å². The number of halogens is 1. The van der Waals surface area contributed by atoms with Crippen LogP contribution in [-0.4, -0.2) is 35.1 Å². The van der Waals surface area contributed by atoms with Crippen molar-refractivity contribution >= 4 is 23.4 Å². The zero-order valence-corrected chi connectivity index (χ0v) is 13.8. The Morgan fingerprint density at radius 3 is 2.64 bits per heavy atom. The molecule has 8 heteroatoms. The Balaban J connectivity index is 1.49. The van der Waals surface area contributed by atoms with Crippen molar-refractivity contribution in [3.05, 3.63) is 41.9 Å². The third kappa shape index (κ3) is 4.34. The van der Waals surface area contributed by atoms with Gasteiger partial charge in [-0.3, -0.25) is 10.1 Å². The maximum Gasteiger partial charge on any atom is 0.323 e. The number of rotatable bonds is 3. The molecule has 132 valence electrons. The minimum atomic E-state index is -0.396. The van der Waals surface area contributed by atoms with Crippen molar-refractivity contribution in [2.75, 3.05) is 23.7 Å². The Morgan fingerprint density at radius 1 is 1.24 bits per heavy atom. The summed E-state index contributed by atoms with van der Waals surface area (Å²) in [5.74, 6) is 0.225. The number of urea groups is 1. The monoisotopic (exact) mass is 346 g/mol. The van der Waals surface area contributed by atoms with E-state index in [1.165, 1.54) is 12.1 Å². The molecule has 3 rings (SSSR count). The molecular weight excluding hydrogens is 327 g/mol. The van der Waals surface area contributed by atoms with E-state index in [1.807, 2.05) is 0 Å². The van der Waals surface area contributed by atoms with Gasteiger partial charge < -0.3 is 14.7 Å². The van der Waals surface area contributed by atoms with Gasteiger partial charge in [-0.1, -0.05) is 11.2 Å². The van der Waals surface area contributed by atoms with E-state index >= 15 is 0 Å². The van der Waals surface area contributed by atoms with E-state index in [-0.39, 0.29) is 17.9 Å². The van der Waals surface area contributed by atoms with Gasteiger partial charge in [0.1, 0.15) is 11.6 Å². The standard InChI is InChI=1S/C17H19FN4O3/c1-11-9-15(21-25-11)20-17(24)22-7-5-12(6-8-22)16(23)19-14-4-2-3-13(18)10-14/h2-4,9-10,12H,5-8H2,1H3,(H,19,23)(H,20,21,24). The molecule has 1 aliphatic heterocycles. The Kier molecular flexibility index (Phi) is 4.97. The lowest BCUT2D eigenvalue weighted by Crippen LogP contribution is -2.43. The number of benzene rings is 1. The van der Waals surface area contributed by atoms with E-state index in [4.69, 9.17) is 4.52 Å². The molecule has 2 aromatic rings. The molecule has 2 heterocycles.